The first-order chi connectivity index (χ1) is 12.4. The molecule has 136 valence electrons. The second-order valence-electron chi connectivity index (χ2n) is 4.89. The predicted molar refractivity (Wildman–Crippen MR) is 94.9 cm³/mol. The van der Waals surface area contributed by atoms with Crippen molar-refractivity contribution in [3.63, 3.8) is 0 Å². The maximum absolute atomic E-state index is 12.1. The van der Waals surface area contributed by atoms with Gasteiger partial charge in [0.2, 0.25) is 0 Å². The third-order valence-electron chi connectivity index (χ3n) is 3.14. The fourth-order valence-electron chi connectivity index (χ4n) is 1.90. The van der Waals surface area contributed by atoms with Gasteiger partial charge in [0, 0.05) is 16.6 Å². The Balaban J connectivity index is 1.86. The van der Waals surface area contributed by atoms with Gasteiger partial charge in [-0.1, -0.05) is 15.9 Å². The molecule has 0 bridgehead atoms. The summed E-state index contributed by atoms with van der Waals surface area (Å²) in [5.41, 5.74) is 4.61. The molecule has 26 heavy (non-hydrogen) atoms. The molecule has 0 aliphatic carbocycles. The van der Waals surface area contributed by atoms with Gasteiger partial charge in [-0.3, -0.25) is 30.6 Å². The summed E-state index contributed by atoms with van der Waals surface area (Å²) in [6.07, 6.45) is 0. The van der Waals surface area contributed by atoms with E-state index in [1.54, 1.807) is 18.2 Å². The molecule has 0 saturated heterocycles. The number of carbonyl (C=O) groups excluding carboxylic acids is 2. The molecule has 0 heterocycles. The van der Waals surface area contributed by atoms with Crippen molar-refractivity contribution in [1.29, 1.82) is 0 Å². The van der Waals surface area contributed by atoms with E-state index in [0.717, 1.165) is 0 Å². The van der Waals surface area contributed by atoms with E-state index >= 15 is 0 Å². The minimum absolute atomic E-state index is 0.0861. The maximum Gasteiger partial charge on any atom is 0.276 e. The number of benzene rings is 2. The van der Waals surface area contributed by atoms with Crippen LogP contribution in [-0.2, 0) is 4.79 Å². The van der Waals surface area contributed by atoms with Crippen molar-refractivity contribution >= 4 is 33.4 Å². The first kappa shape index (κ1) is 19.2. The maximum atomic E-state index is 12.1. The average Bonchev–Trinajstić information content (AvgIpc) is 2.64. The SMILES string of the molecule is COc1ccc(Br)cc1C(=O)NNC(=O)COc1ccc([N+](=O)[O-])cc1. The molecule has 0 fully saturated rings. The molecule has 10 heteroatoms. The lowest BCUT2D eigenvalue weighted by molar-refractivity contribution is -0.384. The van der Waals surface area contributed by atoms with E-state index in [1.165, 1.54) is 31.4 Å². The minimum Gasteiger partial charge on any atom is -0.496 e. The minimum atomic E-state index is -0.606. The second kappa shape index (κ2) is 8.81. The van der Waals surface area contributed by atoms with E-state index in [9.17, 15) is 19.7 Å². The highest BCUT2D eigenvalue weighted by Crippen LogP contribution is 2.22. The van der Waals surface area contributed by atoms with Crippen LogP contribution in [0.2, 0.25) is 0 Å². The lowest BCUT2D eigenvalue weighted by Crippen LogP contribution is -2.43. The van der Waals surface area contributed by atoms with Crippen molar-refractivity contribution in [2.75, 3.05) is 13.7 Å². The molecule has 0 atom stereocenters. The van der Waals surface area contributed by atoms with Gasteiger partial charge in [-0.05, 0) is 30.3 Å². The van der Waals surface area contributed by atoms with Gasteiger partial charge in [-0.25, -0.2) is 0 Å². The molecule has 0 aliphatic heterocycles. The molecule has 0 aliphatic rings. The number of ether oxygens (including phenoxy) is 2. The number of hydrogen-bond acceptors (Lipinski definition) is 6. The highest BCUT2D eigenvalue weighted by molar-refractivity contribution is 9.10. The van der Waals surface area contributed by atoms with Crippen LogP contribution in [0.3, 0.4) is 0 Å². The fraction of sp³-hybridized carbons (Fsp3) is 0.125. The molecule has 0 aromatic heterocycles. The van der Waals surface area contributed by atoms with Crippen LogP contribution in [-0.4, -0.2) is 30.5 Å². The van der Waals surface area contributed by atoms with Crippen molar-refractivity contribution < 1.29 is 24.0 Å². The second-order valence-corrected chi connectivity index (χ2v) is 5.80. The van der Waals surface area contributed by atoms with E-state index in [-0.39, 0.29) is 23.6 Å². The average molecular weight is 424 g/mol. The standard InChI is InChI=1S/C16H14BrN3O6/c1-25-14-7-2-10(17)8-13(14)16(22)19-18-15(21)9-26-12-5-3-11(4-6-12)20(23)24/h2-8H,9H2,1H3,(H,18,21)(H,19,22). The summed E-state index contributed by atoms with van der Waals surface area (Å²) < 4.78 is 11.0. The number of nitro benzene ring substituents is 1. The van der Waals surface area contributed by atoms with Crippen LogP contribution in [0.1, 0.15) is 10.4 Å². The number of halogens is 1. The van der Waals surface area contributed by atoms with E-state index < -0.39 is 16.7 Å². The van der Waals surface area contributed by atoms with Gasteiger partial charge in [-0.15, -0.1) is 0 Å². The number of amides is 2. The zero-order valence-electron chi connectivity index (χ0n) is 13.5. The third-order valence-corrected chi connectivity index (χ3v) is 3.63. The molecule has 2 aromatic carbocycles. The Morgan fingerprint density at radius 1 is 1.15 bits per heavy atom. The van der Waals surface area contributed by atoms with Crippen LogP contribution in [0.25, 0.3) is 0 Å². The molecule has 2 amide bonds. The quantitative estimate of drug-likeness (QED) is 0.542. The van der Waals surface area contributed by atoms with Gasteiger partial charge in [-0.2, -0.15) is 0 Å². The van der Waals surface area contributed by atoms with Crippen molar-refractivity contribution in [1.82, 2.24) is 10.9 Å². The Hall–Kier alpha value is -3.14. The Morgan fingerprint density at radius 2 is 1.85 bits per heavy atom. The van der Waals surface area contributed by atoms with Gasteiger partial charge in [0.1, 0.15) is 11.5 Å². The van der Waals surface area contributed by atoms with Crippen molar-refractivity contribution in [3.8, 4) is 11.5 Å². The summed E-state index contributed by atoms with van der Waals surface area (Å²) in [6, 6.07) is 10.1. The Bertz CT molecular complexity index is 825. The summed E-state index contributed by atoms with van der Waals surface area (Å²) in [5, 5.41) is 10.6. The summed E-state index contributed by atoms with van der Waals surface area (Å²) in [4.78, 5) is 33.9. The Labute approximate surface area is 156 Å². The van der Waals surface area contributed by atoms with E-state index in [1.807, 2.05) is 0 Å². The van der Waals surface area contributed by atoms with Crippen LogP contribution in [0.4, 0.5) is 5.69 Å². The number of nitrogens with zero attached hydrogens (tertiary/aromatic N) is 1. The number of non-ortho nitro benzene ring substituents is 1. The van der Waals surface area contributed by atoms with Gasteiger partial charge in [0.05, 0.1) is 17.6 Å². The van der Waals surface area contributed by atoms with E-state index in [2.05, 4.69) is 26.8 Å². The zero-order valence-corrected chi connectivity index (χ0v) is 15.1. The van der Waals surface area contributed by atoms with Gasteiger partial charge in [0.15, 0.2) is 6.61 Å². The smallest absolute Gasteiger partial charge is 0.276 e. The van der Waals surface area contributed by atoms with Crippen LogP contribution in [0.5, 0.6) is 11.5 Å². The first-order valence-corrected chi connectivity index (χ1v) is 8.00. The third kappa shape index (κ3) is 5.18. The molecule has 0 radical (unpaired) electrons. The largest absolute Gasteiger partial charge is 0.496 e. The van der Waals surface area contributed by atoms with Crippen LogP contribution >= 0.6 is 15.9 Å². The summed E-state index contributed by atoms with van der Waals surface area (Å²) >= 11 is 3.25. The molecule has 0 spiro atoms. The molecule has 9 nitrogen and oxygen atoms in total. The van der Waals surface area contributed by atoms with Crippen molar-refractivity contribution in [2.45, 2.75) is 0 Å². The molecular weight excluding hydrogens is 410 g/mol. The first-order valence-electron chi connectivity index (χ1n) is 7.20. The molecular formula is C16H14BrN3O6. The lowest BCUT2D eigenvalue weighted by atomic mass is 10.2. The number of carbonyl (C=O) groups is 2. The number of nitrogens with one attached hydrogen (secondary N) is 2. The van der Waals surface area contributed by atoms with E-state index in [4.69, 9.17) is 9.47 Å². The highest BCUT2D eigenvalue weighted by Gasteiger charge is 2.14. The van der Waals surface area contributed by atoms with Crippen LogP contribution in [0, 0.1) is 10.1 Å². The van der Waals surface area contributed by atoms with Gasteiger partial charge >= 0.3 is 0 Å². The van der Waals surface area contributed by atoms with Crippen molar-refractivity contribution in [3.05, 3.63) is 62.6 Å². The molecule has 0 unspecified atom stereocenters. The van der Waals surface area contributed by atoms with Crippen LogP contribution in [0.15, 0.2) is 46.9 Å². The van der Waals surface area contributed by atoms with Crippen LogP contribution < -0.4 is 20.3 Å². The molecule has 2 rings (SSSR count). The molecule has 0 saturated carbocycles. The fourth-order valence-corrected chi connectivity index (χ4v) is 2.26. The number of methoxy groups -OCH3 is 1. The predicted octanol–water partition coefficient (Wildman–Crippen LogP) is 2.21. The number of rotatable bonds is 6. The Kier molecular flexibility index (Phi) is 6.50. The zero-order chi connectivity index (χ0) is 19.1. The van der Waals surface area contributed by atoms with Gasteiger partial charge in [0.25, 0.3) is 17.5 Å². The summed E-state index contributed by atoms with van der Waals surface area (Å²) in [7, 11) is 1.43. The summed E-state index contributed by atoms with van der Waals surface area (Å²) in [6.45, 7) is -0.381. The van der Waals surface area contributed by atoms with Crippen molar-refractivity contribution in [2.24, 2.45) is 0 Å². The number of nitro groups is 1. The van der Waals surface area contributed by atoms with E-state index in [0.29, 0.717) is 10.2 Å². The normalized spacial score (nSPS) is 9.92. The Morgan fingerprint density at radius 3 is 2.46 bits per heavy atom. The highest BCUT2D eigenvalue weighted by atomic mass is 79.9. The molecule has 2 N–H and O–H groups in total. The topological polar surface area (TPSA) is 120 Å². The monoisotopic (exact) mass is 423 g/mol. The molecule has 2 aromatic rings. The number of hydrazine groups is 1. The van der Waals surface area contributed by atoms with Gasteiger partial charge < -0.3 is 9.47 Å². The summed E-state index contributed by atoms with van der Waals surface area (Å²) in [5.74, 6) is -0.537. The lowest BCUT2D eigenvalue weighted by Gasteiger charge is -2.11. The number of hydrogen-bond donors (Lipinski definition) is 2.